The van der Waals surface area contributed by atoms with Crippen molar-refractivity contribution in [2.24, 2.45) is 0 Å². The van der Waals surface area contributed by atoms with E-state index in [1.807, 2.05) is 36.4 Å². The fourth-order valence-electron chi connectivity index (χ4n) is 0.807. The minimum atomic E-state index is -0.366. The van der Waals surface area contributed by atoms with Crippen molar-refractivity contribution in [1.82, 2.24) is 0 Å². The van der Waals surface area contributed by atoms with Gasteiger partial charge in [-0.15, -0.1) is 0 Å². The Hall–Kier alpha value is -0.720. The normalized spacial score (nSPS) is 11.7. The highest BCUT2D eigenvalue weighted by molar-refractivity contribution is 9.10. The molecule has 1 aromatic rings. The van der Waals surface area contributed by atoms with Gasteiger partial charge in [0.15, 0.2) is 0 Å². The van der Waals surface area contributed by atoms with E-state index in [-0.39, 0.29) is 4.83 Å². The molecule has 1 aromatic carbocycles. The molecule has 0 saturated carbocycles. The first-order chi connectivity index (χ1) is 5.75. The van der Waals surface area contributed by atoms with Crippen molar-refractivity contribution in [3.63, 3.8) is 0 Å². The number of rotatable bonds is 2. The molecule has 0 aliphatic heterocycles. The Labute approximate surface area is 85.1 Å². The number of benzene rings is 1. The number of alkyl halides is 1. The molecule has 0 aliphatic rings. The number of nitriles is 1. The van der Waals surface area contributed by atoms with Gasteiger partial charge in [0, 0.05) is 0 Å². The van der Waals surface area contributed by atoms with Gasteiger partial charge in [-0.1, -0.05) is 58.5 Å². The maximum Gasteiger partial charge on any atom is 0.137 e. The molecule has 3 heteroatoms. The van der Waals surface area contributed by atoms with Gasteiger partial charge in [-0.05, 0) is 5.56 Å². The second-order valence-electron chi connectivity index (χ2n) is 2.22. The van der Waals surface area contributed by atoms with E-state index in [1.54, 1.807) is 0 Å². The van der Waals surface area contributed by atoms with Crippen molar-refractivity contribution < 1.29 is 0 Å². The molecule has 0 fully saturated rings. The maximum absolute atomic E-state index is 8.58. The van der Waals surface area contributed by atoms with Crippen molar-refractivity contribution >= 4 is 33.0 Å². The Bertz CT molecular complexity index is 315. The summed E-state index contributed by atoms with van der Waals surface area (Å²) in [6, 6.07) is 11.6. The van der Waals surface area contributed by atoms with Crippen LogP contribution in [-0.4, -0.2) is 9.69 Å². The average Bonchev–Trinajstić information content (AvgIpc) is 2.17. The Balaban J connectivity index is 2.88. The van der Waals surface area contributed by atoms with Gasteiger partial charge in [0.1, 0.15) is 4.83 Å². The molecule has 1 unspecified atom stereocenters. The predicted octanol–water partition coefficient (Wildman–Crippen LogP) is 2.69. The first-order valence-electron chi connectivity index (χ1n) is 3.38. The lowest BCUT2D eigenvalue weighted by molar-refractivity contribution is 1.44. The highest BCUT2D eigenvalue weighted by atomic mass is 79.9. The molecule has 0 N–H and O–H groups in total. The van der Waals surface area contributed by atoms with Crippen molar-refractivity contribution in [2.45, 2.75) is 4.83 Å². The minimum absolute atomic E-state index is 0.366. The van der Waals surface area contributed by atoms with E-state index in [1.165, 1.54) is 0 Å². The number of halogens is 1. The molecule has 0 bridgehead atoms. The van der Waals surface area contributed by atoms with Crippen LogP contribution >= 0.6 is 28.1 Å². The molecule has 0 saturated heterocycles. The summed E-state index contributed by atoms with van der Waals surface area (Å²) in [5.74, 6) is 0. The van der Waals surface area contributed by atoms with Gasteiger partial charge < -0.3 is 0 Å². The van der Waals surface area contributed by atoms with Gasteiger partial charge in [0.25, 0.3) is 0 Å². The van der Waals surface area contributed by atoms with Gasteiger partial charge in [0.05, 0.1) is 10.9 Å². The Morgan fingerprint density at radius 3 is 2.50 bits per heavy atom. The van der Waals surface area contributed by atoms with Gasteiger partial charge >= 0.3 is 0 Å². The zero-order valence-electron chi connectivity index (χ0n) is 6.20. The van der Waals surface area contributed by atoms with E-state index in [0.717, 1.165) is 5.56 Å². The van der Waals surface area contributed by atoms with E-state index >= 15 is 0 Å². The number of hydrogen-bond donors (Lipinski definition) is 0. The topological polar surface area (TPSA) is 23.8 Å². The Morgan fingerprint density at radius 2 is 2.00 bits per heavy atom. The number of nitrogens with zero attached hydrogens (tertiary/aromatic N) is 1. The van der Waals surface area contributed by atoms with Crippen LogP contribution in [0.1, 0.15) is 5.56 Å². The summed E-state index contributed by atoms with van der Waals surface area (Å²) in [5.41, 5.74) is 0.927. The molecular formula is C9H6BrNS. The van der Waals surface area contributed by atoms with E-state index in [4.69, 9.17) is 17.5 Å². The molecular weight excluding hydrogens is 234 g/mol. The largest absolute Gasteiger partial charge is 0.197 e. The minimum Gasteiger partial charge on any atom is -0.197 e. The van der Waals surface area contributed by atoms with Crippen LogP contribution < -0.4 is 0 Å². The van der Waals surface area contributed by atoms with Gasteiger partial charge in [-0.3, -0.25) is 0 Å². The summed E-state index contributed by atoms with van der Waals surface area (Å²) in [7, 11) is 0. The molecule has 0 amide bonds. The lowest BCUT2D eigenvalue weighted by Crippen LogP contribution is -2.09. The monoisotopic (exact) mass is 239 g/mol. The lowest BCUT2D eigenvalue weighted by Gasteiger charge is -2.02. The highest BCUT2D eigenvalue weighted by Crippen LogP contribution is 2.10. The van der Waals surface area contributed by atoms with Gasteiger partial charge in [0.2, 0.25) is 0 Å². The summed E-state index contributed by atoms with van der Waals surface area (Å²) in [6.45, 7) is 0. The van der Waals surface area contributed by atoms with Crippen LogP contribution in [0.3, 0.4) is 0 Å². The summed E-state index contributed by atoms with van der Waals surface area (Å²) < 4.78 is 0. The van der Waals surface area contributed by atoms with Crippen LogP contribution in [0, 0.1) is 11.3 Å². The second kappa shape index (κ2) is 4.34. The van der Waals surface area contributed by atoms with Gasteiger partial charge in [-0.25, -0.2) is 0 Å². The SMILES string of the molecule is N#CC(Br)C(=S)c1ccccc1. The van der Waals surface area contributed by atoms with E-state index in [2.05, 4.69) is 15.9 Å². The van der Waals surface area contributed by atoms with Crippen LogP contribution in [-0.2, 0) is 0 Å². The fraction of sp³-hybridized carbons (Fsp3) is 0.111. The molecule has 0 spiro atoms. The third kappa shape index (κ3) is 2.13. The second-order valence-corrected chi connectivity index (χ2v) is 3.58. The zero-order chi connectivity index (χ0) is 8.97. The summed E-state index contributed by atoms with van der Waals surface area (Å²) >= 11 is 8.25. The van der Waals surface area contributed by atoms with Gasteiger partial charge in [-0.2, -0.15) is 5.26 Å². The van der Waals surface area contributed by atoms with Crippen LogP contribution in [0.2, 0.25) is 0 Å². The third-order valence-corrected chi connectivity index (χ3v) is 2.84. The summed E-state index contributed by atoms with van der Waals surface area (Å²) in [5, 5.41) is 8.58. The van der Waals surface area contributed by atoms with Crippen molar-refractivity contribution in [1.29, 1.82) is 5.26 Å². The van der Waals surface area contributed by atoms with E-state index in [0.29, 0.717) is 4.86 Å². The number of thiocarbonyl (C=S) groups is 1. The molecule has 1 rings (SSSR count). The molecule has 1 atom stereocenters. The summed E-state index contributed by atoms with van der Waals surface area (Å²) in [6.07, 6.45) is 0. The van der Waals surface area contributed by atoms with E-state index < -0.39 is 0 Å². The quantitative estimate of drug-likeness (QED) is 0.451. The average molecular weight is 240 g/mol. The van der Waals surface area contributed by atoms with E-state index in [9.17, 15) is 0 Å². The molecule has 1 nitrogen and oxygen atoms in total. The molecule has 0 aromatic heterocycles. The molecule has 12 heavy (non-hydrogen) atoms. The van der Waals surface area contributed by atoms with Crippen LogP contribution in [0.5, 0.6) is 0 Å². The fourth-order valence-corrected chi connectivity index (χ4v) is 1.26. The molecule has 60 valence electrons. The summed E-state index contributed by atoms with van der Waals surface area (Å²) in [4.78, 5) is 0.271. The smallest absolute Gasteiger partial charge is 0.137 e. The molecule has 0 radical (unpaired) electrons. The maximum atomic E-state index is 8.58. The predicted molar refractivity (Wildman–Crippen MR) is 56.5 cm³/mol. The molecule has 0 heterocycles. The van der Waals surface area contributed by atoms with Crippen molar-refractivity contribution in [2.75, 3.05) is 0 Å². The zero-order valence-corrected chi connectivity index (χ0v) is 8.60. The van der Waals surface area contributed by atoms with Crippen molar-refractivity contribution in [3.05, 3.63) is 35.9 Å². The van der Waals surface area contributed by atoms with Crippen molar-refractivity contribution in [3.8, 4) is 6.07 Å². The third-order valence-electron chi connectivity index (χ3n) is 1.40. The standard InChI is InChI=1S/C9H6BrNS/c10-8(6-11)9(12)7-4-2-1-3-5-7/h1-5,8H. The van der Waals surface area contributed by atoms with Crippen LogP contribution in [0.4, 0.5) is 0 Å². The first-order valence-corrected chi connectivity index (χ1v) is 4.71. The number of hydrogen-bond acceptors (Lipinski definition) is 2. The Kier molecular flexibility index (Phi) is 3.39. The Morgan fingerprint density at radius 1 is 1.42 bits per heavy atom. The highest BCUT2D eigenvalue weighted by Gasteiger charge is 2.09. The van der Waals surface area contributed by atoms with Crippen LogP contribution in [0.15, 0.2) is 30.3 Å². The van der Waals surface area contributed by atoms with Crippen LogP contribution in [0.25, 0.3) is 0 Å². The molecule has 0 aliphatic carbocycles. The lowest BCUT2D eigenvalue weighted by atomic mass is 10.1. The first kappa shape index (κ1) is 9.37.